The molecule has 1 aromatic heterocycles. The van der Waals surface area contributed by atoms with Crippen LogP contribution in [-0.4, -0.2) is 67.4 Å². The van der Waals surface area contributed by atoms with Crippen molar-refractivity contribution in [1.29, 1.82) is 0 Å². The van der Waals surface area contributed by atoms with Crippen molar-refractivity contribution < 1.29 is 23.5 Å². The maximum absolute atomic E-state index is 13.4. The summed E-state index contributed by atoms with van der Waals surface area (Å²) in [7, 11) is 1.69. The fourth-order valence-electron chi connectivity index (χ4n) is 5.94. The number of benzene rings is 1. The molecule has 2 fully saturated rings. The van der Waals surface area contributed by atoms with E-state index in [-0.39, 0.29) is 41.4 Å². The molecule has 1 aromatic carbocycles. The molecule has 8 nitrogen and oxygen atoms in total. The molecule has 0 bridgehead atoms. The summed E-state index contributed by atoms with van der Waals surface area (Å²) < 4.78 is 10.6. The van der Waals surface area contributed by atoms with Gasteiger partial charge in [-0.05, 0) is 73.3 Å². The lowest BCUT2D eigenvalue weighted by Crippen LogP contribution is -2.48. The van der Waals surface area contributed by atoms with E-state index in [0.29, 0.717) is 13.1 Å². The molecule has 3 heterocycles. The number of furan rings is 1. The second-order valence-electron chi connectivity index (χ2n) is 10.1. The molecule has 0 saturated carbocycles. The zero-order valence-electron chi connectivity index (χ0n) is 20.3. The molecule has 8 heteroatoms. The third-order valence-electron chi connectivity index (χ3n) is 8.08. The second-order valence-corrected chi connectivity index (χ2v) is 10.1. The molecule has 2 saturated heterocycles. The molecular weight excluding hydrogens is 446 g/mol. The van der Waals surface area contributed by atoms with Crippen LogP contribution in [-0.2, 0) is 22.4 Å². The van der Waals surface area contributed by atoms with Gasteiger partial charge in [-0.15, -0.1) is 0 Å². The van der Waals surface area contributed by atoms with Crippen LogP contribution in [0.2, 0.25) is 0 Å². The predicted octanol–water partition coefficient (Wildman–Crippen LogP) is 2.66. The molecule has 1 spiro atoms. The lowest BCUT2D eigenvalue weighted by atomic mass is 9.77. The fraction of sp³-hybridized carbons (Fsp3) is 0.519. The minimum Gasteiger partial charge on any atom is -0.496 e. The number of aryl methyl sites for hydroxylation is 1. The molecule has 1 unspecified atom stereocenters. The van der Waals surface area contributed by atoms with Gasteiger partial charge < -0.3 is 24.3 Å². The number of likely N-dealkylation sites (tertiary alicyclic amines) is 2. The summed E-state index contributed by atoms with van der Waals surface area (Å²) in [6, 6.07) is 9.35. The van der Waals surface area contributed by atoms with Crippen LogP contribution >= 0.6 is 0 Å². The molecule has 186 valence electrons. The first-order chi connectivity index (χ1) is 17.0. The number of amides is 3. The van der Waals surface area contributed by atoms with E-state index in [2.05, 4.69) is 16.3 Å². The largest absolute Gasteiger partial charge is 0.496 e. The van der Waals surface area contributed by atoms with Crippen LogP contribution < -0.4 is 10.1 Å². The van der Waals surface area contributed by atoms with E-state index in [0.717, 1.165) is 57.4 Å². The molecule has 1 N–H and O–H groups in total. The Kier molecular flexibility index (Phi) is 6.54. The summed E-state index contributed by atoms with van der Waals surface area (Å²) in [6.45, 7) is 2.85. The van der Waals surface area contributed by atoms with Crippen molar-refractivity contribution in [3.63, 3.8) is 0 Å². The zero-order chi connectivity index (χ0) is 24.4. The predicted molar refractivity (Wildman–Crippen MR) is 129 cm³/mol. The van der Waals surface area contributed by atoms with Gasteiger partial charge in [-0.25, -0.2) is 0 Å². The van der Waals surface area contributed by atoms with E-state index in [4.69, 9.17) is 9.15 Å². The molecule has 1 aliphatic carbocycles. The second kappa shape index (κ2) is 9.76. The minimum atomic E-state index is -0.385. The average molecular weight is 480 g/mol. The van der Waals surface area contributed by atoms with Gasteiger partial charge in [0.15, 0.2) is 5.76 Å². The summed E-state index contributed by atoms with van der Waals surface area (Å²) in [5.41, 5.74) is 2.57. The number of carbonyl (C=O) groups excluding carboxylic acids is 3. The van der Waals surface area contributed by atoms with Gasteiger partial charge in [0.05, 0.1) is 19.9 Å². The Morgan fingerprint density at radius 3 is 2.57 bits per heavy atom. The van der Waals surface area contributed by atoms with Crippen molar-refractivity contribution in [2.45, 2.75) is 38.5 Å². The molecule has 3 aliphatic rings. The zero-order valence-corrected chi connectivity index (χ0v) is 20.3. The number of piperidine rings is 1. The molecule has 5 rings (SSSR count). The van der Waals surface area contributed by atoms with Crippen LogP contribution in [0.25, 0.3) is 0 Å². The van der Waals surface area contributed by atoms with Crippen LogP contribution in [0, 0.1) is 11.3 Å². The van der Waals surface area contributed by atoms with Gasteiger partial charge >= 0.3 is 0 Å². The van der Waals surface area contributed by atoms with E-state index < -0.39 is 0 Å². The summed E-state index contributed by atoms with van der Waals surface area (Å²) in [6.07, 6.45) is 6.73. The standard InChI is InChI=1S/C27H33N3O5/c1-34-22-5-2-4-19-7-8-20(16-21(19)22)26(33)30-14-11-27(18-30)9-12-29(13-10-27)24(31)17-28-25(32)23-6-3-15-35-23/h2-6,15,20H,7-14,16-18H2,1H3,(H,28,32). The third-order valence-corrected chi connectivity index (χ3v) is 8.08. The smallest absolute Gasteiger partial charge is 0.287 e. The topological polar surface area (TPSA) is 92.1 Å². The van der Waals surface area contributed by atoms with Gasteiger partial charge in [0.1, 0.15) is 5.75 Å². The van der Waals surface area contributed by atoms with Gasteiger partial charge in [-0.1, -0.05) is 12.1 Å². The average Bonchev–Trinajstić information content (AvgIpc) is 3.57. The minimum absolute atomic E-state index is 0.00777. The van der Waals surface area contributed by atoms with Crippen molar-refractivity contribution in [3.05, 3.63) is 53.5 Å². The third kappa shape index (κ3) is 4.79. The molecule has 35 heavy (non-hydrogen) atoms. The summed E-state index contributed by atoms with van der Waals surface area (Å²) in [5, 5.41) is 2.63. The Bertz CT molecular complexity index is 1070. The molecule has 0 radical (unpaired) electrons. The first-order valence-electron chi connectivity index (χ1n) is 12.5. The highest BCUT2D eigenvalue weighted by molar-refractivity contribution is 5.94. The molecule has 3 amide bonds. The number of nitrogens with zero attached hydrogens (tertiary/aromatic N) is 2. The van der Waals surface area contributed by atoms with Crippen molar-refractivity contribution in [2.24, 2.45) is 11.3 Å². The lowest BCUT2D eigenvalue weighted by molar-refractivity contribution is -0.136. The molecule has 2 aromatic rings. The van der Waals surface area contributed by atoms with Crippen molar-refractivity contribution in [1.82, 2.24) is 15.1 Å². The molecule has 1 atom stereocenters. The van der Waals surface area contributed by atoms with E-state index in [1.807, 2.05) is 17.0 Å². The van der Waals surface area contributed by atoms with Gasteiger partial charge in [0, 0.05) is 32.1 Å². The Balaban J connectivity index is 1.12. The van der Waals surface area contributed by atoms with Gasteiger partial charge in [-0.3, -0.25) is 14.4 Å². The number of fused-ring (bicyclic) bond motifs is 1. The van der Waals surface area contributed by atoms with Crippen molar-refractivity contribution in [3.8, 4) is 5.75 Å². The highest BCUT2D eigenvalue weighted by Crippen LogP contribution is 2.42. The maximum atomic E-state index is 13.4. The van der Waals surface area contributed by atoms with Crippen molar-refractivity contribution >= 4 is 17.7 Å². The number of rotatable bonds is 5. The lowest BCUT2D eigenvalue weighted by Gasteiger charge is -2.39. The quantitative estimate of drug-likeness (QED) is 0.712. The van der Waals surface area contributed by atoms with Crippen LogP contribution in [0.4, 0.5) is 0 Å². The number of hydrogen-bond donors (Lipinski definition) is 1. The van der Waals surface area contributed by atoms with Gasteiger partial charge in [-0.2, -0.15) is 0 Å². The highest BCUT2D eigenvalue weighted by atomic mass is 16.5. The van der Waals surface area contributed by atoms with Crippen molar-refractivity contribution in [2.75, 3.05) is 39.8 Å². The van der Waals surface area contributed by atoms with E-state index in [1.165, 1.54) is 17.4 Å². The van der Waals surface area contributed by atoms with E-state index in [1.54, 1.807) is 19.2 Å². The normalized spacial score (nSPS) is 21.0. The summed E-state index contributed by atoms with van der Waals surface area (Å²) in [5.74, 6) is 0.887. The maximum Gasteiger partial charge on any atom is 0.287 e. The Morgan fingerprint density at radius 1 is 1.09 bits per heavy atom. The summed E-state index contributed by atoms with van der Waals surface area (Å²) in [4.78, 5) is 41.9. The number of nitrogens with one attached hydrogen (secondary N) is 1. The Morgan fingerprint density at radius 2 is 1.86 bits per heavy atom. The van der Waals surface area contributed by atoms with E-state index in [9.17, 15) is 14.4 Å². The monoisotopic (exact) mass is 479 g/mol. The van der Waals surface area contributed by atoms with Crippen LogP contribution in [0.15, 0.2) is 41.0 Å². The van der Waals surface area contributed by atoms with Crippen LogP contribution in [0.1, 0.15) is 47.4 Å². The first kappa shape index (κ1) is 23.5. The Hall–Kier alpha value is -3.29. The highest BCUT2D eigenvalue weighted by Gasteiger charge is 2.44. The molecular formula is C27H33N3O5. The van der Waals surface area contributed by atoms with Gasteiger partial charge in [0.25, 0.3) is 5.91 Å². The van der Waals surface area contributed by atoms with E-state index >= 15 is 0 Å². The van der Waals surface area contributed by atoms with Crippen LogP contribution in [0.5, 0.6) is 5.75 Å². The number of methoxy groups -OCH3 is 1. The fourth-order valence-corrected chi connectivity index (χ4v) is 5.94. The van der Waals surface area contributed by atoms with Gasteiger partial charge in [0.2, 0.25) is 11.8 Å². The number of carbonyl (C=O) groups is 3. The number of hydrogen-bond acceptors (Lipinski definition) is 5. The first-order valence-corrected chi connectivity index (χ1v) is 12.5. The van der Waals surface area contributed by atoms with Crippen LogP contribution in [0.3, 0.4) is 0 Å². The Labute approximate surface area is 205 Å². The SMILES string of the molecule is COc1cccc2c1CC(C(=O)N1CCC3(CCN(C(=O)CNC(=O)c4ccco4)CC3)C1)CC2. The molecule has 2 aliphatic heterocycles. The summed E-state index contributed by atoms with van der Waals surface area (Å²) >= 11 is 0. The number of ether oxygens (including phenoxy) is 1.